The van der Waals surface area contributed by atoms with Crippen molar-refractivity contribution in [3.63, 3.8) is 0 Å². The van der Waals surface area contributed by atoms with Gasteiger partial charge in [-0.15, -0.1) is 0 Å². The summed E-state index contributed by atoms with van der Waals surface area (Å²) in [5.74, 6) is -0.346. The van der Waals surface area contributed by atoms with Gasteiger partial charge in [0.2, 0.25) is 0 Å². The van der Waals surface area contributed by atoms with Gasteiger partial charge in [0.1, 0.15) is 5.69 Å². The highest BCUT2D eigenvalue weighted by Crippen LogP contribution is 2.17. The molecule has 0 aliphatic carbocycles. The quantitative estimate of drug-likeness (QED) is 0.900. The van der Waals surface area contributed by atoms with E-state index in [9.17, 15) is 9.59 Å². The summed E-state index contributed by atoms with van der Waals surface area (Å²) in [6, 6.07) is 10.8. The molecule has 1 aromatic carbocycles. The molecule has 142 valence electrons. The first-order valence-electron chi connectivity index (χ1n) is 9.38. The van der Waals surface area contributed by atoms with Gasteiger partial charge in [0.05, 0.1) is 0 Å². The summed E-state index contributed by atoms with van der Waals surface area (Å²) in [6.45, 7) is 1.52. The van der Waals surface area contributed by atoms with Crippen LogP contribution in [-0.4, -0.2) is 48.9 Å². The van der Waals surface area contributed by atoms with Gasteiger partial charge < -0.3 is 15.1 Å². The smallest absolute Gasteiger partial charge is 0.272 e. The zero-order valence-corrected chi connectivity index (χ0v) is 15.9. The Morgan fingerprint density at radius 2 is 1.67 bits per heavy atom. The van der Waals surface area contributed by atoms with Crippen molar-refractivity contribution in [2.75, 3.05) is 37.4 Å². The monoisotopic (exact) mass is 366 g/mol. The lowest BCUT2D eigenvalue weighted by Gasteiger charge is -2.19. The number of hydrogen-bond donors (Lipinski definition) is 1. The third-order valence-corrected chi connectivity index (χ3v) is 4.78. The molecule has 1 saturated heterocycles. The molecule has 2 amide bonds. The van der Waals surface area contributed by atoms with Crippen molar-refractivity contribution in [2.24, 2.45) is 0 Å². The van der Waals surface area contributed by atoms with Gasteiger partial charge in [0.25, 0.3) is 11.8 Å². The number of amides is 2. The Morgan fingerprint density at radius 1 is 1.00 bits per heavy atom. The van der Waals surface area contributed by atoms with E-state index in [0.29, 0.717) is 16.9 Å². The number of nitrogens with zero attached hydrogens (tertiary/aromatic N) is 3. The molecule has 0 spiro atoms. The fourth-order valence-corrected chi connectivity index (χ4v) is 3.17. The van der Waals surface area contributed by atoms with Gasteiger partial charge in [-0.25, -0.2) is 0 Å². The van der Waals surface area contributed by atoms with Gasteiger partial charge >= 0.3 is 0 Å². The van der Waals surface area contributed by atoms with Gasteiger partial charge in [-0.1, -0.05) is 12.8 Å². The fourth-order valence-electron chi connectivity index (χ4n) is 3.17. The number of anilines is 2. The zero-order chi connectivity index (χ0) is 19.2. The molecule has 2 heterocycles. The van der Waals surface area contributed by atoms with E-state index in [1.165, 1.54) is 6.20 Å². The molecular weight excluding hydrogens is 340 g/mol. The largest absolute Gasteiger partial charge is 0.378 e. The molecule has 0 atom stereocenters. The van der Waals surface area contributed by atoms with E-state index in [-0.39, 0.29) is 11.8 Å². The molecule has 3 rings (SSSR count). The molecule has 0 bridgehead atoms. The van der Waals surface area contributed by atoms with E-state index < -0.39 is 0 Å². The third kappa shape index (κ3) is 4.84. The minimum Gasteiger partial charge on any atom is -0.378 e. The standard InChI is InChI=1S/C21H26N4O2/c1-24(2)18-9-7-17(8-10-18)23-20(26)16-11-12-22-19(15-16)21(27)25-13-5-3-4-6-14-25/h7-12,15H,3-6,13-14H2,1-2H3,(H,23,26). The summed E-state index contributed by atoms with van der Waals surface area (Å²) in [4.78, 5) is 33.3. The SMILES string of the molecule is CN(C)c1ccc(NC(=O)c2ccnc(C(=O)N3CCCCCC3)c2)cc1. The van der Waals surface area contributed by atoms with Gasteiger partial charge in [-0.2, -0.15) is 0 Å². The van der Waals surface area contributed by atoms with Crippen LogP contribution in [0.3, 0.4) is 0 Å². The summed E-state index contributed by atoms with van der Waals surface area (Å²) < 4.78 is 0. The van der Waals surface area contributed by atoms with Crippen LogP contribution in [0.4, 0.5) is 11.4 Å². The number of pyridine rings is 1. The number of rotatable bonds is 4. The molecule has 1 aliphatic heterocycles. The second-order valence-electron chi connectivity index (χ2n) is 7.03. The summed E-state index contributed by atoms with van der Waals surface area (Å²) in [5, 5.41) is 2.87. The Kier molecular flexibility index (Phi) is 6.06. The second-order valence-corrected chi connectivity index (χ2v) is 7.03. The number of aromatic nitrogens is 1. The van der Waals surface area contributed by atoms with Crippen LogP contribution in [0.1, 0.15) is 46.5 Å². The maximum absolute atomic E-state index is 12.7. The predicted molar refractivity (Wildman–Crippen MR) is 107 cm³/mol. The molecule has 1 fully saturated rings. The Hall–Kier alpha value is -2.89. The number of likely N-dealkylation sites (tertiary alicyclic amines) is 1. The number of carbonyl (C=O) groups is 2. The number of hydrogen-bond acceptors (Lipinski definition) is 4. The molecule has 0 saturated carbocycles. The molecule has 1 aromatic heterocycles. The summed E-state index contributed by atoms with van der Waals surface area (Å²) in [5.41, 5.74) is 2.53. The van der Waals surface area contributed by atoms with Gasteiger partial charge in [0, 0.05) is 50.3 Å². The molecular formula is C21H26N4O2. The van der Waals surface area contributed by atoms with Crippen molar-refractivity contribution in [3.05, 3.63) is 53.9 Å². The molecule has 27 heavy (non-hydrogen) atoms. The van der Waals surface area contributed by atoms with Crippen molar-refractivity contribution in [1.29, 1.82) is 0 Å². The summed E-state index contributed by atoms with van der Waals surface area (Å²) in [6.07, 6.45) is 5.89. The zero-order valence-electron chi connectivity index (χ0n) is 15.9. The lowest BCUT2D eigenvalue weighted by molar-refractivity contribution is 0.0755. The highest BCUT2D eigenvalue weighted by Gasteiger charge is 2.19. The van der Waals surface area contributed by atoms with E-state index >= 15 is 0 Å². The van der Waals surface area contributed by atoms with Crippen molar-refractivity contribution < 1.29 is 9.59 Å². The van der Waals surface area contributed by atoms with Crippen LogP contribution in [0.15, 0.2) is 42.6 Å². The van der Waals surface area contributed by atoms with Gasteiger partial charge in [0.15, 0.2) is 0 Å². The van der Waals surface area contributed by atoms with Crippen molar-refractivity contribution >= 4 is 23.2 Å². The summed E-state index contributed by atoms with van der Waals surface area (Å²) in [7, 11) is 3.93. The van der Waals surface area contributed by atoms with Crippen molar-refractivity contribution in [1.82, 2.24) is 9.88 Å². The third-order valence-electron chi connectivity index (χ3n) is 4.78. The van der Waals surface area contributed by atoms with Crippen LogP contribution in [-0.2, 0) is 0 Å². The predicted octanol–water partition coefficient (Wildman–Crippen LogP) is 3.42. The highest BCUT2D eigenvalue weighted by molar-refractivity contribution is 6.05. The van der Waals surface area contributed by atoms with E-state index in [2.05, 4.69) is 10.3 Å². The van der Waals surface area contributed by atoms with E-state index in [0.717, 1.165) is 44.5 Å². The van der Waals surface area contributed by atoms with Crippen molar-refractivity contribution in [2.45, 2.75) is 25.7 Å². The average molecular weight is 366 g/mol. The molecule has 6 nitrogen and oxygen atoms in total. The lowest BCUT2D eigenvalue weighted by Crippen LogP contribution is -2.32. The molecule has 6 heteroatoms. The second kappa shape index (κ2) is 8.66. The first kappa shape index (κ1) is 18.9. The Balaban J connectivity index is 1.70. The topological polar surface area (TPSA) is 65.5 Å². The highest BCUT2D eigenvalue weighted by atomic mass is 16.2. The molecule has 0 radical (unpaired) electrons. The Bertz CT molecular complexity index is 794. The Labute approximate surface area is 160 Å². The van der Waals surface area contributed by atoms with Crippen LogP contribution in [0.25, 0.3) is 0 Å². The minimum absolute atomic E-state index is 0.0955. The number of nitrogens with one attached hydrogen (secondary N) is 1. The molecule has 1 aliphatic rings. The van der Waals surface area contributed by atoms with Crippen LogP contribution in [0, 0.1) is 0 Å². The molecule has 1 N–H and O–H groups in total. The van der Waals surface area contributed by atoms with Crippen LogP contribution in [0.5, 0.6) is 0 Å². The number of carbonyl (C=O) groups excluding carboxylic acids is 2. The fraction of sp³-hybridized carbons (Fsp3) is 0.381. The molecule has 2 aromatic rings. The maximum Gasteiger partial charge on any atom is 0.272 e. The summed E-state index contributed by atoms with van der Waals surface area (Å²) >= 11 is 0. The van der Waals surface area contributed by atoms with Crippen LogP contribution >= 0.6 is 0 Å². The first-order valence-corrected chi connectivity index (χ1v) is 9.38. The average Bonchev–Trinajstić information content (AvgIpc) is 2.97. The van der Waals surface area contributed by atoms with Crippen molar-refractivity contribution in [3.8, 4) is 0 Å². The van der Waals surface area contributed by atoms with Crippen LogP contribution in [0.2, 0.25) is 0 Å². The minimum atomic E-state index is -0.250. The molecule has 0 unspecified atom stereocenters. The van der Waals surface area contributed by atoms with Crippen LogP contribution < -0.4 is 10.2 Å². The van der Waals surface area contributed by atoms with E-state index in [1.54, 1.807) is 12.1 Å². The van der Waals surface area contributed by atoms with E-state index in [1.807, 2.05) is 48.2 Å². The van der Waals surface area contributed by atoms with Gasteiger partial charge in [-0.3, -0.25) is 14.6 Å². The van der Waals surface area contributed by atoms with E-state index in [4.69, 9.17) is 0 Å². The maximum atomic E-state index is 12.7. The first-order chi connectivity index (χ1) is 13.0. The number of benzene rings is 1. The van der Waals surface area contributed by atoms with Gasteiger partial charge in [-0.05, 0) is 49.2 Å². The normalized spacial score (nSPS) is 14.4. The Morgan fingerprint density at radius 3 is 2.30 bits per heavy atom. The lowest BCUT2D eigenvalue weighted by atomic mass is 10.2.